The number of hydrogen-bond acceptors (Lipinski definition) is 5. The van der Waals surface area contributed by atoms with Gasteiger partial charge in [0.2, 0.25) is 0 Å². The normalized spacial score (nSPS) is 10.1. The second kappa shape index (κ2) is 15.0. The lowest BCUT2D eigenvalue weighted by molar-refractivity contribution is 0.261. The molecule has 0 saturated heterocycles. The van der Waals surface area contributed by atoms with Gasteiger partial charge in [-0.25, -0.2) is 9.59 Å². The Labute approximate surface area is 274 Å². The van der Waals surface area contributed by atoms with E-state index in [1.54, 1.807) is 36.4 Å². The van der Waals surface area contributed by atoms with Crippen LogP contribution in [0.5, 0.6) is 11.5 Å². The largest absolute Gasteiger partial charge is 0.506 e. The number of anilines is 4. The van der Waals surface area contributed by atoms with Crippen molar-refractivity contribution in [1.29, 1.82) is 0 Å². The lowest BCUT2D eigenvalue weighted by atomic mass is 10.1. The van der Waals surface area contributed by atoms with Crippen molar-refractivity contribution in [1.82, 2.24) is 0 Å². The van der Waals surface area contributed by atoms with E-state index in [-0.39, 0.29) is 27.9 Å². The van der Waals surface area contributed by atoms with Crippen molar-refractivity contribution in [3.8, 4) is 11.5 Å². The van der Waals surface area contributed by atoms with Crippen LogP contribution in [0.1, 0.15) is 0 Å². The number of rotatable bonds is 5. The zero-order valence-corrected chi connectivity index (χ0v) is 26.1. The van der Waals surface area contributed by atoms with E-state index in [1.807, 2.05) is 42.5 Å². The highest BCUT2D eigenvalue weighted by molar-refractivity contribution is 14.1. The Balaban J connectivity index is 0.000000202. The summed E-state index contributed by atoms with van der Waals surface area (Å²) in [6.45, 7) is 0. The summed E-state index contributed by atoms with van der Waals surface area (Å²) >= 11 is 14.0. The van der Waals surface area contributed by atoms with Gasteiger partial charge in [0.05, 0.1) is 32.8 Å². The molecule has 222 valence electrons. The molecule has 0 fully saturated rings. The summed E-state index contributed by atoms with van der Waals surface area (Å²) in [4.78, 5) is 26.6. The Morgan fingerprint density at radius 3 is 1.93 bits per heavy atom. The molecule has 5 aromatic carbocycles. The molecule has 5 rings (SSSR count). The number of phenolic OH excluding ortho intramolecular Hbond substituents is 2. The lowest BCUT2D eigenvalue weighted by Gasteiger charge is -2.11. The minimum Gasteiger partial charge on any atom is -0.506 e. The van der Waals surface area contributed by atoms with Gasteiger partial charge in [-0.15, -0.1) is 0 Å². The maximum Gasteiger partial charge on any atom is 0.323 e. The zero-order valence-electron chi connectivity index (χ0n) is 22.4. The average Bonchev–Trinajstić information content (AvgIpc) is 2.99. The number of nitrogens with one attached hydrogen (secondary N) is 4. The Kier molecular flexibility index (Phi) is 10.9. The third-order valence-corrected chi connectivity index (χ3v) is 7.58. The van der Waals surface area contributed by atoms with Gasteiger partial charge in [-0.1, -0.05) is 76.8 Å². The van der Waals surface area contributed by atoms with Gasteiger partial charge in [-0.3, -0.25) is 0 Å². The molecule has 0 aliphatic rings. The van der Waals surface area contributed by atoms with E-state index in [2.05, 4.69) is 53.9 Å². The Morgan fingerprint density at radius 1 is 0.682 bits per heavy atom. The standard InChI is InChI=1S/C17H12Cl2N2O2.C13H10IN5O2/c18-12-6-3-7-13(16(12)19)20-17(23)21-14-8-10-4-1-2-5-11(10)9-15(14)22;14-9-3-1-2-4-10(9)16-13(21)17-11-6-5-8(18-19-15)7-12(11)20/h1-9,22H,(H2,20,21,23);1-7,20H,(H2,16,17,21). The second-order valence-electron chi connectivity index (χ2n) is 8.85. The molecule has 14 heteroatoms. The van der Waals surface area contributed by atoms with Gasteiger partial charge in [0.15, 0.2) is 0 Å². The van der Waals surface area contributed by atoms with Crippen LogP contribution >= 0.6 is 45.8 Å². The molecular weight excluding hydrogens is 720 g/mol. The van der Waals surface area contributed by atoms with Crippen LogP contribution in [0.2, 0.25) is 10.0 Å². The summed E-state index contributed by atoms with van der Waals surface area (Å²) in [5.41, 5.74) is 10.2. The monoisotopic (exact) mass is 741 g/mol. The van der Waals surface area contributed by atoms with Crippen molar-refractivity contribution >= 4 is 97.1 Å². The number of para-hydroxylation sites is 1. The van der Waals surface area contributed by atoms with Crippen LogP contribution in [0.4, 0.5) is 38.0 Å². The minimum atomic E-state index is -0.528. The number of hydrogen-bond donors (Lipinski definition) is 6. The smallest absolute Gasteiger partial charge is 0.323 e. The van der Waals surface area contributed by atoms with Crippen molar-refractivity contribution < 1.29 is 19.8 Å². The van der Waals surface area contributed by atoms with Crippen LogP contribution in [0, 0.1) is 3.57 Å². The van der Waals surface area contributed by atoms with E-state index in [9.17, 15) is 19.8 Å². The molecule has 4 amide bonds. The molecule has 0 atom stereocenters. The molecule has 0 aliphatic heterocycles. The number of phenols is 2. The number of fused-ring (bicyclic) bond motifs is 1. The number of nitrogens with zero attached hydrogens (tertiary/aromatic N) is 3. The molecule has 0 bridgehead atoms. The Hall–Kier alpha value is -4.88. The number of halogens is 3. The van der Waals surface area contributed by atoms with Crippen molar-refractivity contribution in [2.45, 2.75) is 0 Å². The molecule has 44 heavy (non-hydrogen) atoms. The topological polar surface area (TPSA) is 171 Å². The molecule has 0 aliphatic carbocycles. The van der Waals surface area contributed by atoms with Gasteiger partial charge in [0.1, 0.15) is 11.5 Å². The van der Waals surface area contributed by atoms with E-state index < -0.39 is 12.1 Å². The molecule has 0 unspecified atom stereocenters. The molecule has 0 aromatic heterocycles. The second-order valence-corrected chi connectivity index (χ2v) is 10.8. The maximum absolute atomic E-state index is 12.1. The molecule has 0 saturated carbocycles. The van der Waals surface area contributed by atoms with Crippen molar-refractivity contribution in [3.63, 3.8) is 0 Å². The maximum atomic E-state index is 12.1. The highest BCUT2D eigenvalue weighted by atomic mass is 127. The summed E-state index contributed by atoms with van der Waals surface area (Å²) in [6.07, 6.45) is 0. The van der Waals surface area contributed by atoms with E-state index in [1.165, 1.54) is 18.2 Å². The van der Waals surface area contributed by atoms with Gasteiger partial charge >= 0.3 is 12.1 Å². The molecule has 0 radical (unpaired) electrons. The first-order valence-corrected chi connectivity index (χ1v) is 14.4. The first kappa shape index (κ1) is 32.0. The number of benzene rings is 5. The summed E-state index contributed by atoms with van der Waals surface area (Å²) in [6, 6.07) is 26.3. The van der Waals surface area contributed by atoms with E-state index in [4.69, 9.17) is 28.7 Å². The minimum absolute atomic E-state index is 0.0176. The van der Waals surface area contributed by atoms with Crippen LogP contribution in [0.3, 0.4) is 0 Å². The van der Waals surface area contributed by atoms with Crippen molar-refractivity contribution in [3.05, 3.63) is 121 Å². The number of urea groups is 2. The fraction of sp³-hybridized carbons (Fsp3) is 0. The van der Waals surface area contributed by atoms with Gasteiger partial charge in [-0.05, 0) is 87.4 Å². The summed E-state index contributed by atoms with van der Waals surface area (Å²) in [7, 11) is 0. The van der Waals surface area contributed by atoms with Gasteiger partial charge in [0, 0.05) is 14.2 Å². The van der Waals surface area contributed by atoms with Gasteiger partial charge in [0.25, 0.3) is 0 Å². The SMILES string of the molecule is O=C(Nc1cc2ccccc2cc1O)Nc1cccc(Cl)c1Cl.[N-]=[N+]=Nc1ccc(NC(=O)Nc2ccccc2I)c(O)c1. The van der Waals surface area contributed by atoms with E-state index in [0.717, 1.165) is 14.3 Å². The van der Waals surface area contributed by atoms with Crippen LogP contribution < -0.4 is 21.3 Å². The molecule has 0 spiro atoms. The quantitative estimate of drug-likeness (QED) is 0.0346. The molecule has 0 heterocycles. The fourth-order valence-electron chi connectivity index (χ4n) is 3.78. The van der Waals surface area contributed by atoms with E-state index in [0.29, 0.717) is 22.1 Å². The lowest BCUT2D eigenvalue weighted by Crippen LogP contribution is -2.19. The number of azide groups is 1. The molecule has 11 nitrogen and oxygen atoms in total. The highest BCUT2D eigenvalue weighted by Gasteiger charge is 2.11. The highest BCUT2D eigenvalue weighted by Crippen LogP contribution is 2.32. The van der Waals surface area contributed by atoms with Crippen LogP contribution in [-0.2, 0) is 0 Å². The molecular formula is C30H22Cl2IN7O4. The Morgan fingerprint density at radius 2 is 1.25 bits per heavy atom. The third-order valence-electron chi connectivity index (χ3n) is 5.82. The van der Waals surface area contributed by atoms with Crippen LogP contribution in [0.15, 0.2) is 102 Å². The van der Waals surface area contributed by atoms with E-state index >= 15 is 0 Å². The predicted octanol–water partition coefficient (Wildman–Crippen LogP) is 10.1. The number of carbonyl (C=O) groups excluding carboxylic acids is 2. The first-order chi connectivity index (χ1) is 21.1. The predicted molar refractivity (Wildman–Crippen MR) is 183 cm³/mol. The van der Waals surface area contributed by atoms with Crippen molar-refractivity contribution in [2.24, 2.45) is 5.11 Å². The molecule has 5 aromatic rings. The summed E-state index contributed by atoms with van der Waals surface area (Å²) in [5.74, 6) is -0.200. The number of amides is 4. The number of aromatic hydroxyl groups is 2. The fourth-order valence-corrected chi connectivity index (χ4v) is 4.65. The van der Waals surface area contributed by atoms with Crippen molar-refractivity contribution in [2.75, 3.05) is 21.3 Å². The number of carbonyl (C=O) groups is 2. The van der Waals surface area contributed by atoms with Gasteiger partial charge < -0.3 is 31.5 Å². The first-order valence-electron chi connectivity index (χ1n) is 12.6. The van der Waals surface area contributed by atoms with Crippen LogP contribution in [-0.4, -0.2) is 22.3 Å². The average molecular weight is 742 g/mol. The third kappa shape index (κ3) is 8.58. The van der Waals surface area contributed by atoms with Gasteiger partial charge in [-0.2, -0.15) is 0 Å². The zero-order chi connectivity index (χ0) is 31.6. The van der Waals surface area contributed by atoms with Crippen LogP contribution in [0.25, 0.3) is 21.2 Å². The summed E-state index contributed by atoms with van der Waals surface area (Å²) < 4.78 is 0.896. The Bertz CT molecular complexity index is 1900. The summed E-state index contributed by atoms with van der Waals surface area (Å²) in [5, 5.41) is 35.9. The molecule has 6 N–H and O–H groups in total.